The topological polar surface area (TPSA) is 70.9 Å². The highest BCUT2D eigenvalue weighted by Gasteiger charge is 2.19. The molecule has 0 atom stereocenters. The van der Waals surface area contributed by atoms with Gasteiger partial charge in [-0.05, 0) is 28.9 Å². The fraction of sp³-hybridized carbons (Fsp3) is 0.333. The van der Waals surface area contributed by atoms with E-state index in [1.807, 2.05) is 21.0 Å². The summed E-state index contributed by atoms with van der Waals surface area (Å²) in [6, 6.07) is 2.10. The molecular weight excluding hydrogens is 326 g/mol. The van der Waals surface area contributed by atoms with E-state index in [0.717, 1.165) is 22.5 Å². The van der Waals surface area contributed by atoms with Gasteiger partial charge in [-0.25, -0.2) is 0 Å². The molecule has 2 aromatic rings. The summed E-state index contributed by atoms with van der Waals surface area (Å²) in [5.74, 6) is 0.925. The predicted molar refractivity (Wildman–Crippen MR) is 83.1 cm³/mol. The minimum Gasteiger partial charge on any atom is -0.384 e. The third kappa shape index (κ3) is 2.82. The smallest absolute Gasteiger partial charge is 0.137 e. The summed E-state index contributed by atoms with van der Waals surface area (Å²) in [5, 5.41) is 14.1. The van der Waals surface area contributed by atoms with Crippen LogP contribution >= 0.6 is 27.3 Å². The Morgan fingerprint density at radius 3 is 2.84 bits per heavy atom. The van der Waals surface area contributed by atoms with Gasteiger partial charge in [0.15, 0.2) is 0 Å². The molecule has 3 N–H and O–H groups in total. The summed E-state index contributed by atoms with van der Waals surface area (Å²) in [6.07, 6.45) is 0. The van der Waals surface area contributed by atoms with E-state index in [4.69, 9.17) is 11.1 Å². The lowest BCUT2D eigenvalue weighted by atomic mass is 10.2. The van der Waals surface area contributed by atoms with Gasteiger partial charge in [0.25, 0.3) is 0 Å². The first-order valence-corrected chi connectivity index (χ1v) is 7.39. The molecule has 2 heterocycles. The Bertz CT molecular complexity index is 616. The second-order valence-corrected chi connectivity index (χ2v) is 6.32. The molecule has 0 aliphatic heterocycles. The Morgan fingerprint density at radius 1 is 1.63 bits per heavy atom. The van der Waals surface area contributed by atoms with Crippen LogP contribution in [-0.2, 0) is 13.6 Å². The molecule has 0 aliphatic carbocycles. The molecule has 0 amide bonds. The van der Waals surface area contributed by atoms with E-state index >= 15 is 0 Å². The number of hydrogen-bond acceptors (Lipinski definition) is 4. The minimum atomic E-state index is 0.0554. The van der Waals surface area contributed by atoms with Crippen molar-refractivity contribution in [2.24, 2.45) is 12.8 Å². The average Bonchev–Trinajstić information content (AvgIpc) is 2.82. The second-order valence-electron chi connectivity index (χ2n) is 4.41. The largest absolute Gasteiger partial charge is 0.384 e. The highest BCUT2D eigenvalue weighted by atomic mass is 79.9. The van der Waals surface area contributed by atoms with Gasteiger partial charge in [-0.3, -0.25) is 10.1 Å². The molecule has 0 radical (unpaired) electrons. The Morgan fingerprint density at radius 2 is 2.32 bits per heavy atom. The van der Waals surface area contributed by atoms with Gasteiger partial charge < -0.3 is 10.6 Å². The molecule has 0 aliphatic rings. The number of nitrogens with two attached hydrogens (primary N) is 1. The molecule has 0 saturated carbocycles. The van der Waals surface area contributed by atoms with Crippen LogP contribution in [0.3, 0.4) is 0 Å². The summed E-state index contributed by atoms with van der Waals surface area (Å²) in [4.78, 5) is 3.30. The van der Waals surface area contributed by atoms with Crippen LogP contribution in [0.15, 0.2) is 15.9 Å². The van der Waals surface area contributed by atoms with Crippen LogP contribution in [0.5, 0.6) is 0 Å². The van der Waals surface area contributed by atoms with Crippen LogP contribution in [-0.4, -0.2) is 22.7 Å². The predicted octanol–water partition coefficient (Wildman–Crippen LogP) is 2.47. The van der Waals surface area contributed by atoms with Crippen LogP contribution in [0, 0.1) is 12.3 Å². The maximum Gasteiger partial charge on any atom is 0.137 e. The molecular formula is C12H16BrN5S. The van der Waals surface area contributed by atoms with Crippen molar-refractivity contribution in [3.05, 3.63) is 32.1 Å². The number of thiophene rings is 1. The Kier molecular flexibility index (Phi) is 3.96. The van der Waals surface area contributed by atoms with E-state index in [1.165, 1.54) is 4.88 Å². The number of nitrogen functional groups attached to an aromatic ring is 1. The Hall–Kier alpha value is -1.34. The van der Waals surface area contributed by atoms with Crippen molar-refractivity contribution in [1.82, 2.24) is 9.78 Å². The molecule has 0 aromatic carbocycles. The number of rotatable bonds is 4. The molecule has 5 nitrogen and oxygen atoms in total. The first kappa shape index (κ1) is 14.1. The van der Waals surface area contributed by atoms with Crippen molar-refractivity contribution >= 4 is 38.9 Å². The fourth-order valence-electron chi connectivity index (χ4n) is 2.14. The number of halogens is 1. The number of aryl methyl sites for hydroxylation is 2. The maximum absolute atomic E-state index is 7.70. The highest BCUT2D eigenvalue weighted by molar-refractivity contribution is 9.10. The van der Waals surface area contributed by atoms with Gasteiger partial charge in [0.05, 0.1) is 17.8 Å². The summed E-state index contributed by atoms with van der Waals surface area (Å²) >= 11 is 5.15. The Balaban J connectivity index is 2.33. The number of amidine groups is 1. The summed E-state index contributed by atoms with van der Waals surface area (Å²) < 4.78 is 2.86. The quantitative estimate of drug-likeness (QED) is 0.662. The maximum atomic E-state index is 7.70. The molecule has 2 aromatic heterocycles. The molecule has 0 fully saturated rings. The molecule has 0 bridgehead atoms. The van der Waals surface area contributed by atoms with E-state index in [-0.39, 0.29) is 5.84 Å². The average molecular weight is 342 g/mol. The third-order valence-electron chi connectivity index (χ3n) is 2.84. The van der Waals surface area contributed by atoms with Crippen LogP contribution < -0.4 is 10.6 Å². The van der Waals surface area contributed by atoms with Gasteiger partial charge in [0, 0.05) is 28.8 Å². The SMILES string of the molecule is Cc1nn(C)c(N(C)Cc2cc(Br)cs2)c1C(=N)N. The number of nitrogens with zero attached hydrogens (tertiary/aromatic N) is 3. The van der Waals surface area contributed by atoms with Gasteiger partial charge >= 0.3 is 0 Å². The van der Waals surface area contributed by atoms with Crippen molar-refractivity contribution in [2.75, 3.05) is 11.9 Å². The van der Waals surface area contributed by atoms with Gasteiger partial charge in [-0.15, -0.1) is 11.3 Å². The van der Waals surface area contributed by atoms with Gasteiger partial charge in [-0.1, -0.05) is 0 Å². The van der Waals surface area contributed by atoms with Crippen molar-refractivity contribution in [3.8, 4) is 0 Å². The summed E-state index contributed by atoms with van der Waals surface area (Å²) in [6.45, 7) is 2.63. The molecule has 7 heteroatoms. The highest BCUT2D eigenvalue weighted by Crippen LogP contribution is 2.26. The van der Waals surface area contributed by atoms with E-state index in [0.29, 0.717) is 5.56 Å². The first-order valence-electron chi connectivity index (χ1n) is 5.72. The number of anilines is 1. The van der Waals surface area contributed by atoms with Gasteiger partial charge in [0.1, 0.15) is 11.7 Å². The second kappa shape index (κ2) is 5.34. The zero-order chi connectivity index (χ0) is 14.2. The van der Waals surface area contributed by atoms with E-state index < -0.39 is 0 Å². The molecule has 0 spiro atoms. The van der Waals surface area contributed by atoms with Crippen molar-refractivity contribution in [2.45, 2.75) is 13.5 Å². The van der Waals surface area contributed by atoms with Gasteiger partial charge in [0.2, 0.25) is 0 Å². The van der Waals surface area contributed by atoms with Crippen LogP contribution in [0.25, 0.3) is 0 Å². The summed E-state index contributed by atoms with van der Waals surface area (Å²) in [5.41, 5.74) is 7.15. The van der Waals surface area contributed by atoms with Crippen LogP contribution in [0.4, 0.5) is 5.82 Å². The molecule has 0 unspecified atom stereocenters. The Labute approximate surface area is 124 Å². The summed E-state index contributed by atoms with van der Waals surface area (Å²) in [7, 11) is 3.85. The molecule has 102 valence electrons. The van der Waals surface area contributed by atoms with Crippen molar-refractivity contribution < 1.29 is 0 Å². The lowest BCUT2D eigenvalue weighted by Crippen LogP contribution is -2.23. The zero-order valence-corrected chi connectivity index (χ0v) is 13.5. The van der Waals surface area contributed by atoms with E-state index in [1.54, 1.807) is 16.0 Å². The van der Waals surface area contributed by atoms with Crippen LogP contribution in [0.2, 0.25) is 0 Å². The number of hydrogen-bond donors (Lipinski definition) is 2. The van der Waals surface area contributed by atoms with Crippen molar-refractivity contribution in [1.29, 1.82) is 5.41 Å². The molecule has 0 saturated heterocycles. The normalized spacial score (nSPS) is 10.7. The molecule has 19 heavy (non-hydrogen) atoms. The van der Waals surface area contributed by atoms with E-state index in [2.05, 4.69) is 37.4 Å². The number of aromatic nitrogens is 2. The third-order valence-corrected chi connectivity index (χ3v) is 4.52. The lowest BCUT2D eigenvalue weighted by molar-refractivity contribution is 0.728. The molecule has 2 rings (SSSR count). The van der Waals surface area contributed by atoms with Crippen molar-refractivity contribution in [3.63, 3.8) is 0 Å². The zero-order valence-electron chi connectivity index (χ0n) is 11.1. The standard InChI is InChI=1S/C12H16BrN5S/c1-7-10(11(14)15)12(18(3)16-7)17(2)5-9-4-8(13)6-19-9/h4,6H,5H2,1-3H3,(H3,14,15). The monoisotopic (exact) mass is 341 g/mol. The van der Waals surface area contributed by atoms with Gasteiger partial charge in [-0.2, -0.15) is 5.10 Å². The fourth-order valence-corrected chi connectivity index (χ4v) is 3.65. The lowest BCUT2D eigenvalue weighted by Gasteiger charge is -2.20. The van der Waals surface area contributed by atoms with E-state index in [9.17, 15) is 0 Å². The first-order chi connectivity index (χ1) is 8.90. The minimum absolute atomic E-state index is 0.0554. The number of nitrogens with one attached hydrogen (secondary N) is 1. The van der Waals surface area contributed by atoms with Crippen LogP contribution in [0.1, 0.15) is 16.1 Å².